The van der Waals surface area contributed by atoms with Crippen LogP contribution in [0, 0.1) is 18.6 Å². The predicted molar refractivity (Wildman–Crippen MR) is 139 cm³/mol. The van der Waals surface area contributed by atoms with Gasteiger partial charge in [0.15, 0.2) is 17.7 Å². The van der Waals surface area contributed by atoms with Crippen LogP contribution in [0.3, 0.4) is 0 Å². The Kier molecular flexibility index (Phi) is 6.84. The molecule has 2 amide bonds. The number of amides is 2. The molecule has 2 aromatic heterocycles. The summed E-state index contributed by atoms with van der Waals surface area (Å²) in [6.07, 6.45) is -3.87. The third kappa shape index (κ3) is 5.14. The SMILES string of the molecule is Cc1nc2cc(F)c(-c3ccc(S(C)(=O)=NC(=O)C(F)(F)F)cc3)cn2c1CN1C(=O)[C@@H](C)Oc2c(F)cccc21. The summed E-state index contributed by atoms with van der Waals surface area (Å²) in [6, 6.07) is 10.5. The molecular weight excluding hydrogens is 571 g/mol. The fourth-order valence-corrected chi connectivity index (χ4v) is 5.65. The molecule has 2 aromatic carbocycles. The van der Waals surface area contributed by atoms with Gasteiger partial charge in [0.1, 0.15) is 11.5 Å². The van der Waals surface area contributed by atoms with E-state index < -0.39 is 45.5 Å². The Balaban J connectivity index is 1.54. The van der Waals surface area contributed by atoms with Crippen molar-refractivity contribution in [3.63, 3.8) is 0 Å². The number of benzene rings is 2. The van der Waals surface area contributed by atoms with Crippen molar-refractivity contribution in [2.45, 2.75) is 37.6 Å². The zero-order chi connectivity index (χ0) is 29.9. The van der Waals surface area contributed by atoms with Gasteiger partial charge in [0.05, 0.1) is 33.3 Å². The molecule has 1 unspecified atom stereocenters. The average molecular weight is 593 g/mol. The van der Waals surface area contributed by atoms with Crippen molar-refractivity contribution in [2.24, 2.45) is 4.36 Å². The van der Waals surface area contributed by atoms with E-state index in [1.54, 1.807) is 17.4 Å². The maximum absolute atomic E-state index is 15.2. The van der Waals surface area contributed by atoms with Gasteiger partial charge >= 0.3 is 12.1 Å². The van der Waals surface area contributed by atoms with Crippen molar-refractivity contribution in [3.8, 4) is 16.9 Å². The van der Waals surface area contributed by atoms with Crippen molar-refractivity contribution in [1.82, 2.24) is 9.38 Å². The number of hydrogen-bond donors (Lipinski definition) is 0. The molecule has 4 aromatic rings. The van der Waals surface area contributed by atoms with Gasteiger partial charge in [0, 0.05) is 29.0 Å². The Hall–Kier alpha value is -4.33. The van der Waals surface area contributed by atoms with Crippen LogP contribution in [-0.4, -0.2) is 43.9 Å². The van der Waals surface area contributed by atoms with Crippen LogP contribution < -0.4 is 9.64 Å². The van der Waals surface area contributed by atoms with E-state index in [1.807, 2.05) is 0 Å². The Bertz CT molecular complexity index is 1840. The van der Waals surface area contributed by atoms with Crippen molar-refractivity contribution in [1.29, 1.82) is 0 Å². The normalized spacial score (nSPS) is 16.7. The van der Waals surface area contributed by atoms with E-state index >= 15 is 4.39 Å². The van der Waals surface area contributed by atoms with E-state index in [9.17, 15) is 31.4 Å². The first kappa shape index (κ1) is 28.2. The van der Waals surface area contributed by atoms with Gasteiger partial charge in [0.25, 0.3) is 5.91 Å². The summed E-state index contributed by atoms with van der Waals surface area (Å²) in [6.45, 7) is 3.15. The zero-order valence-corrected chi connectivity index (χ0v) is 22.5. The van der Waals surface area contributed by atoms with Gasteiger partial charge in [-0.25, -0.2) is 18.0 Å². The summed E-state index contributed by atoms with van der Waals surface area (Å²) in [4.78, 5) is 29.9. The molecule has 0 fully saturated rings. The molecule has 1 aliphatic rings. The number of para-hydroxylation sites is 1. The molecular formula is C27H21F5N4O4S. The van der Waals surface area contributed by atoms with Crippen LogP contribution in [0.2, 0.25) is 0 Å². The number of nitrogens with zero attached hydrogens (tertiary/aromatic N) is 4. The van der Waals surface area contributed by atoms with Crippen LogP contribution >= 0.6 is 0 Å². The highest BCUT2D eigenvalue weighted by Gasteiger charge is 2.39. The number of pyridine rings is 1. The lowest BCUT2D eigenvalue weighted by molar-refractivity contribution is -0.169. The largest absolute Gasteiger partial charge is 0.476 e. The van der Waals surface area contributed by atoms with Gasteiger partial charge in [-0.2, -0.15) is 13.2 Å². The fraction of sp³-hybridized carbons (Fsp3) is 0.222. The molecule has 0 bridgehead atoms. The van der Waals surface area contributed by atoms with E-state index in [0.29, 0.717) is 11.4 Å². The summed E-state index contributed by atoms with van der Waals surface area (Å²) in [5, 5.41) is 0. The highest BCUT2D eigenvalue weighted by atomic mass is 32.2. The van der Waals surface area contributed by atoms with Gasteiger partial charge in [0.2, 0.25) is 0 Å². The first-order valence-corrected chi connectivity index (χ1v) is 14.0. The second kappa shape index (κ2) is 9.94. The van der Waals surface area contributed by atoms with Crippen LogP contribution in [0.1, 0.15) is 18.3 Å². The number of carbonyl (C=O) groups is 2. The molecule has 0 saturated heterocycles. The molecule has 14 heteroatoms. The maximum Gasteiger partial charge on any atom is 0.474 e. The van der Waals surface area contributed by atoms with Crippen LogP contribution in [0.25, 0.3) is 16.8 Å². The molecule has 3 heterocycles. The summed E-state index contributed by atoms with van der Waals surface area (Å²) < 4.78 is 90.0. The van der Waals surface area contributed by atoms with Crippen LogP contribution in [-0.2, 0) is 25.9 Å². The number of fused-ring (bicyclic) bond motifs is 2. The van der Waals surface area contributed by atoms with Crippen molar-refractivity contribution in [3.05, 3.63) is 77.8 Å². The van der Waals surface area contributed by atoms with Crippen molar-refractivity contribution < 1.29 is 40.5 Å². The first-order valence-electron chi connectivity index (χ1n) is 12.0. The second-order valence-electron chi connectivity index (χ2n) is 9.40. The Labute approximate surface area is 230 Å². The van der Waals surface area contributed by atoms with Crippen LogP contribution in [0.5, 0.6) is 5.75 Å². The predicted octanol–water partition coefficient (Wildman–Crippen LogP) is 5.45. The van der Waals surface area contributed by atoms with Crippen LogP contribution in [0.4, 0.5) is 27.6 Å². The third-order valence-electron chi connectivity index (χ3n) is 6.56. The number of alkyl halides is 3. The molecule has 8 nitrogen and oxygen atoms in total. The van der Waals surface area contributed by atoms with Crippen molar-refractivity contribution in [2.75, 3.05) is 11.2 Å². The summed E-state index contributed by atoms with van der Waals surface area (Å²) in [5.74, 6) is -4.23. The summed E-state index contributed by atoms with van der Waals surface area (Å²) in [5.41, 5.74) is 1.83. The number of rotatable bonds is 4. The van der Waals surface area contributed by atoms with E-state index in [0.717, 1.165) is 6.26 Å². The minimum atomic E-state index is -5.27. The van der Waals surface area contributed by atoms with Crippen LogP contribution in [0.15, 0.2) is 64.0 Å². The second-order valence-corrected chi connectivity index (χ2v) is 11.7. The first-order chi connectivity index (χ1) is 19.2. The number of hydrogen-bond acceptors (Lipinski definition) is 5. The average Bonchev–Trinajstić information content (AvgIpc) is 3.19. The molecule has 0 saturated carbocycles. The number of carbonyl (C=O) groups excluding carboxylic acids is 2. The van der Waals surface area contributed by atoms with E-state index in [-0.39, 0.29) is 39.7 Å². The number of aryl methyl sites for hydroxylation is 1. The molecule has 5 rings (SSSR count). The molecule has 0 spiro atoms. The lowest BCUT2D eigenvalue weighted by atomic mass is 10.1. The van der Waals surface area contributed by atoms with Gasteiger partial charge in [-0.3, -0.25) is 14.5 Å². The molecule has 0 N–H and O–H groups in total. The highest BCUT2D eigenvalue weighted by molar-refractivity contribution is 7.93. The van der Waals surface area contributed by atoms with Gasteiger partial charge in [-0.05, 0) is 43.7 Å². The standard InChI is InChI=1S/C27H21F5N4O4S/c1-14-22(13-36-21-6-4-5-19(28)24(21)40-15(2)25(36)37)35-12-18(20(29)11-23(35)33-14)16-7-9-17(10-8-16)41(3,39)34-26(38)27(30,31)32/h4-12,15H,13H2,1-3H3/t15-,41?/m1/s1. The minimum Gasteiger partial charge on any atom is -0.476 e. The quantitative estimate of drug-likeness (QED) is 0.294. The molecule has 0 radical (unpaired) electrons. The maximum atomic E-state index is 15.2. The van der Waals surface area contributed by atoms with Crippen molar-refractivity contribution >= 4 is 32.9 Å². The number of anilines is 1. The Morgan fingerprint density at radius 1 is 1.12 bits per heavy atom. The fourth-order valence-electron chi connectivity index (χ4n) is 4.49. The Morgan fingerprint density at radius 2 is 1.80 bits per heavy atom. The highest BCUT2D eigenvalue weighted by Crippen LogP contribution is 2.37. The van der Waals surface area contributed by atoms with E-state index in [2.05, 4.69) is 9.35 Å². The molecule has 1 aliphatic heterocycles. The summed E-state index contributed by atoms with van der Waals surface area (Å²) >= 11 is 0. The van der Waals surface area contributed by atoms with Gasteiger partial charge in [-0.15, -0.1) is 4.36 Å². The lowest BCUT2D eigenvalue weighted by Crippen LogP contribution is -2.44. The Morgan fingerprint density at radius 3 is 2.46 bits per heavy atom. The van der Waals surface area contributed by atoms with E-state index in [1.165, 1.54) is 60.5 Å². The lowest BCUT2D eigenvalue weighted by Gasteiger charge is -2.33. The number of ether oxygens (including phenoxy) is 1. The number of imidazole rings is 1. The number of halogens is 5. The molecule has 214 valence electrons. The van der Waals surface area contributed by atoms with E-state index in [4.69, 9.17) is 4.74 Å². The third-order valence-corrected chi connectivity index (χ3v) is 8.23. The zero-order valence-electron chi connectivity index (χ0n) is 21.7. The topological polar surface area (TPSA) is 93.3 Å². The number of aromatic nitrogens is 2. The van der Waals surface area contributed by atoms with Gasteiger partial charge < -0.3 is 9.14 Å². The summed E-state index contributed by atoms with van der Waals surface area (Å²) in [7, 11) is -3.72. The monoisotopic (exact) mass is 592 g/mol. The van der Waals surface area contributed by atoms with Gasteiger partial charge in [-0.1, -0.05) is 18.2 Å². The molecule has 2 atom stereocenters. The smallest absolute Gasteiger partial charge is 0.474 e. The minimum absolute atomic E-state index is 0.0351. The molecule has 0 aliphatic carbocycles. The molecule has 41 heavy (non-hydrogen) atoms.